The van der Waals surface area contributed by atoms with Gasteiger partial charge in [-0.25, -0.2) is 0 Å². The average molecular weight is 316 g/mol. The standard InChI is InChI=1S/C15H16N4O2S/c1-3-9-16-13(20)8-10-19-14(17-18-15(19)22)11-4-6-12(21-2)7-5-11/h1,4-7H,8-10H2,2H3,(H,16,20)(H,18,22). The van der Waals surface area contributed by atoms with E-state index in [-0.39, 0.29) is 18.9 Å². The summed E-state index contributed by atoms with van der Waals surface area (Å²) in [5.74, 6) is 3.68. The summed E-state index contributed by atoms with van der Waals surface area (Å²) >= 11 is 5.22. The van der Waals surface area contributed by atoms with E-state index in [1.165, 1.54) is 0 Å². The number of ether oxygens (including phenoxy) is 1. The number of nitrogens with one attached hydrogen (secondary N) is 2. The Morgan fingerprint density at radius 2 is 2.23 bits per heavy atom. The monoisotopic (exact) mass is 316 g/mol. The Hall–Kier alpha value is -2.59. The maximum Gasteiger partial charge on any atom is 0.222 e. The van der Waals surface area contributed by atoms with Crippen molar-refractivity contribution in [2.45, 2.75) is 13.0 Å². The number of hydrogen-bond acceptors (Lipinski definition) is 4. The molecule has 22 heavy (non-hydrogen) atoms. The lowest BCUT2D eigenvalue weighted by Crippen LogP contribution is -2.24. The molecular weight excluding hydrogens is 300 g/mol. The van der Waals surface area contributed by atoms with Gasteiger partial charge < -0.3 is 10.1 Å². The predicted octanol–water partition coefficient (Wildman–Crippen LogP) is 1.76. The Kier molecular flexibility index (Phi) is 5.33. The Labute approximate surface area is 133 Å². The van der Waals surface area contributed by atoms with Crippen molar-refractivity contribution in [2.24, 2.45) is 0 Å². The molecule has 0 spiro atoms. The van der Waals surface area contributed by atoms with Crippen LogP contribution in [0.1, 0.15) is 6.42 Å². The summed E-state index contributed by atoms with van der Waals surface area (Å²) in [6, 6.07) is 7.46. The lowest BCUT2D eigenvalue weighted by atomic mass is 10.2. The molecule has 0 fully saturated rings. The largest absolute Gasteiger partial charge is 0.497 e. The van der Waals surface area contributed by atoms with Gasteiger partial charge in [0.25, 0.3) is 0 Å². The summed E-state index contributed by atoms with van der Waals surface area (Å²) in [7, 11) is 1.61. The van der Waals surface area contributed by atoms with E-state index in [1.807, 2.05) is 24.3 Å². The number of aromatic nitrogens is 3. The lowest BCUT2D eigenvalue weighted by Gasteiger charge is -2.07. The number of amides is 1. The third kappa shape index (κ3) is 3.74. The van der Waals surface area contributed by atoms with Crippen molar-refractivity contribution >= 4 is 18.1 Å². The SMILES string of the molecule is C#CCNC(=O)CCn1c(-c2ccc(OC)cc2)n[nH]c1=S. The molecule has 0 atom stereocenters. The van der Waals surface area contributed by atoms with E-state index in [4.69, 9.17) is 23.4 Å². The van der Waals surface area contributed by atoms with Crippen LogP contribution in [0, 0.1) is 17.1 Å². The number of terminal acetylenes is 1. The number of nitrogens with zero attached hydrogens (tertiary/aromatic N) is 2. The maximum absolute atomic E-state index is 11.6. The Morgan fingerprint density at radius 3 is 2.86 bits per heavy atom. The number of aromatic amines is 1. The zero-order valence-electron chi connectivity index (χ0n) is 12.1. The average Bonchev–Trinajstić information content (AvgIpc) is 2.91. The Morgan fingerprint density at radius 1 is 1.50 bits per heavy atom. The summed E-state index contributed by atoms with van der Waals surface area (Å²) < 4.78 is 7.38. The highest BCUT2D eigenvalue weighted by Gasteiger charge is 2.10. The molecule has 114 valence electrons. The molecule has 0 radical (unpaired) electrons. The molecule has 1 aromatic heterocycles. The minimum atomic E-state index is -0.123. The van der Waals surface area contributed by atoms with Gasteiger partial charge in [0.15, 0.2) is 10.6 Å². The first-order valence-corrected chi connectivity index (χ1v) is 7.06. The van der Waals surface area contributed by atoms with Crippen molar-refractivity contribution in [2.75, 3.05) is 13.7 Å². The molecule has 0 unspecified atom stereocenters. The van der Waals surface area contributed by atoms with Crippen LogP contribution in [-0.2, 0) is 11.3 Å². The molecule has 2 rings (SSSR count). The Balaban J connectivity index is 2.15. The number of benzene rings is 1. The normalized spacial score (nSPS) is 10.0. The highest BCUT2D eigenvalue weighted by Crippen LogP contribution is 2.21. The minimum absolute atomic E-state index is 0.123. The second kappa shape index (κ2) is 7.43. The minimum Gasteiger partial charge on any atom is -0.497 e. The van der Waals surface area contributed by atoms with E-state index in [0.717, 1.165) is 11.3 Å². The van der Waals surface area contributed by atoms with Crippen LogP contribution in [0.5, 0.6) is 5.75 Å². The van der Waals surface area contributed by atoms with Crippen LogP contribution in [-0.4, -0.2) is 34.3 Å². The molecule has 1 amide bonds. The van der Waals surface area contributed by atoms with Crippen LogP contribution in [0.2, 0.25) is 0 Å². The maximum atomic E-state index is 11.6. The number of rotatable bonds is 6. The lowest BCUT2D eigenvalue weighted by molar-refractivity contribution is -0.121. The van der Waals surface area contributed by atoms with Crippen LogP contribution < -0.4 is 10.1 Å². The van der Waals surface area contributed by atoms with Crippen molar-refractivity contribution in [3.8, 4) is 29.5 Å². The molecule has 1 heterocycles. The van der Waals surface area contributed by atoms with Gasteiger partial charge in [-0.15, -0.1) is 6.42 Å². The molecule has 0 aliphatic heterocycles. The smallest absolute Gasteiger partial charge is 0.222 e. The molecule has 7 heteroatoms. The third-order valence-electron chi connectivity index (χ3n) is 3.06. The molecule has 0 aliphatic rings. The molecule has 0 bridgehead atoms. The summed E-state index contributed by atoms with van der Waals surface area (Å²) in [5.41, 5.74) is 0.886. The van der Waals surface area contributed by atoms with Gasteiger partial charge in [0, 0.05) is 18.5 Å². The third-order valence-corrected chi connectivity index (χ3v) is 3.37. The van der Waals surface area contributed by atoms with Gasteiger partial charge >= 0.3 is 0 Å². The quantitative estimate of drug-likeness (QED) is 0.629. The van der Waals surface area contributed by atoms with Gasteiger partial charge in [-0.1, -0.05) is 5.92 Å². The zero-order valence-corrected chi connectivity index (χ0v) is 12.9. The fraction of sp³-hybridized carbons (Fsp3) is 0.267. The summed E-state index contributed by atoms with van der Waals surface area (Å²) in [5, 5.41) is 9.59. The van der Waals surface area contributed by atoms with E-state index < -0.39 is 0 Å². The highest BCUT2D eigenvalue weighted by molar-refractivity contribution is 7.71. The molecule has 2 aromatic rings. The van der Waals surface area contributed by atoms with Crippen LogP contribution >= 0.6 is 12.2 Å². The fourth-order valence-electron chi connectivity index (χ4n) is 1.94. The number of carbonyl (C=O) groups is 1. The molecule has 0 aliphatic carbocycles. The van der Waals surface area contributed by atoms with E-state index >= 15 is 0 Å². The van der Waals surface area contributed by atoms with E-state index in [0.29, 0.717) is 17.1 Å². The van der Waals surface area contributed by atoms with Crippen LogP contribution in [0.25, 0.3) is 11.4 Å². The Bertz CT molecular complexity index is 740. The second-order valence-corrected chi connectivity index (χ2v) is 4.85. The van der Waals surface area contributed by atoms with Gasteiger partial charge in [0.2, 0.25) is 5.91 Å². The molecule has 1 aromatic carbocycles. The first-order valence-electron chi connectivity index (χ1n) is 6.65. The van der Waals surface area contributed by atoms with Gasteiger partial charge in [-0.05, 0) is 36.5 Å². The summed E-state index contributed by atoms with van der Waals surface area (Å²) in [6.45, 7) is 0.647. The molecular formula is C15H16N4O2S. The van der Waals surface area contributed by atoms with Gasteiger partial charge in [0.05, 0.1) is 13.7 Å². The van der Waals surface area contributed by atoms with Crippen molar-refractivity contribution in [1.82, 2.24) is 20.1 Å². The second-order valence-electron chi connectivity index (χ2n) is 4.46. The molecule has 2 N–H and O–H groups in total. The predicted molar refractivity (Wildman–Crippen MR) is 85.9 cm³/mol. The van der Waals surface area contributed by atoms with Crippen molar-refractivity contribution in [3.05, 3.63) is 29.0 Å². The zero-order chi connectivity index (χ0) is 15.9. The van der Waals surface area contributed by atoms with Crippen molar-refractivity contribution in [1.29, 1.82) is 0 Å². The number of carbonyl (C=O) groups excluding carboxylic acids is 1. The summed E-state index contributed by atoms with van der Waals surface area (Å²) in [4.78, 5) is 11.6. The first kappa shape index (κ1) is 15.8. The van der Waals surface area contributed by atoms with Gasteiger partial charge in [-0.2, -0.15) is 5.10 Å². The van der Waals surface area contributed by atoms with Gasteiger partial charge in [-0.3, -0.25) is 14.5 Å². The molecule has 6 nitrogen and oxygen atoms in total. The van der Waals surface area contributed by atoms with E-state index in [9.17, 15) is 4.79 Å². The van der Waals surface area contributed by atoms with Crippen molar-refractivity contribution < 1.29 is 9.53 Å². The van der Waals surface area contributed by atoms with Crippen molar-refractivity contribution in [3.63, 3.8) is 0 Å². The van der Waals surface area contributed by atoms with E-state index in [1.54, 1.807) is 11.7 Å². The van der Waals surface area contributed by atoms with Crippen LogP contribution in [0.15, 0.2) is 24.3 Å². The number of methoxy groups -OCH3 is 1. The van der Waals surface area contributed by atoms with Gasteiger partial charge in [0.1, 0.15) is 5.75 Å². The fourth-order valence-corrected chi connectivity index (χ4v) is 2.16. The van der Waals surface area contributed by atoms with Crippen LogP contribution in [0.3, 0.4) is 0 Å². The first-order chi connectivity index (χ1) is 10.7. The summed E-state index contributed by atoms with van der Waals surface area (Å²) in [6.07, 6.45) is 5.38. The van der Waals surface area contributed by atoms with E-state index in [2.05, 4.69) is 21.4 Å². The van der Waals surface area contributed by atoms with Crippen LogP contribution in [0.4, 0.5) is 0 Å². The molecule has 0 saturated carbocycles. The molecule has 0 saturated heterocycles. The topological polar surface area (TPSA) is 71.9 Å². The highest BCUT2D eigenvalue weighted by atomic mass is 32.1. The number of H-pyrrole nitrogens is 1. The number of hydrogen-bond donors (Lipinski definition) is 2.